The maximum absolute atomic E-state index is 9.95. The summed E-state index contributed by atoms with van der Waals surface area (Å²) >= 11 is 0. The van der Waals surface area contributed by atoms with Crippen LogP contribution in [-0.4, -0.2) is 22.7 Å². The van der Waals surface area contributed by atoms with Crippen LogP contribution in [0.1, 0.15) is 37.9 Å². The van der Waals surface area contributed by atoms with Crippen LogP contribution in [0.5, 0.6) is 0 Å². The Hall–Kier alpha value is -0.930. The van der Waals surface area contributed by atoms with Gasteiger partial charge in [-0.05, 0) is 24.5 Å². The number of pyridine rings is 1. The summed E-state index contributed by atoms with van der Waals surface area (Å²) in [4.78, 5) is 4.32. The number of aliphatic hydroxyl groups excluding tert-OH is 1. The van der Waals surface area contributed by atoms with Gasteiger partial charge in [0.25, 0.3) is 0 Å². The molecule has 17 heavy (non-hydrogen) atoms. The van der Waals surface area contributed by atoms with Crippen LogP contribution < -0.4 is 5.32 Å². The van der Waals surface area contributed by atoms with Crippen LogP contribution in [0.3, 0.4) is 0 Å². The molecule has 0 radical (unpaired) electrons. The van der Waals surface area contributed by atoms with Gasteiger partial charge in [-0.25, -0.2) is 0 Å². The number of hydrogen-bond acceptors (Lipinski definition) is 3. The van der Waals surface area contributed by atoms with Crippen molar-refractivity contribution in [3.8, 4) is 0 Å². The minimum Gasteiger partial charge on any atom is -0.392 e. The van der Waals surface area contributed by atoms with Crippen molar-refractivity contribution in [2.45, 2.75) is 46.3 Å². The van der Waals surface area contributed by atoms with E-state index in [2.05, 4.69) is 30.2 Å². The Morgan fingerprint density at radius 2 is 2.00 bits per heavy atom. The van der Waals surface area contributed by atoms with Crippen LogP contribution in [0.2, 0.25) is 0 Å². The van der Waals surface area contributed by atoms with E-state index in [0.29, 0.717) is 12.5 Å². The first-order valence-corrected chi connectivity index (χ1v) is 6.47. The maximum Gasteiger partial charge on any atom is 0.0692 e. The van der Waals surface area contributed by atoms with Crippen molar-refractivity contribution in [1.82, 2.24) is 10.3 Å². The van der Waals surface area contributed by atoms with E-state index < -0.39 is 0 Å². The average Bonchev–Trinajstić information content (AvgIpc) is 2.33. The minimum absolute atomic E-state index is 0.254. The van der Waals surface area contributed by atoms with Gasteiger partial charge in [-0.3, -0.25) is 4.98 Å². The molecule has 96 valence electrons. The molecule has 0 aliphatic heterocycles. The lowest BCUT2D eigenvalue weighted by molar-refractivity contribution is 0.101. The fourth-order valence-corrected chi connectivity index (χ4v) is 1.95. The van der Waals surface area contributed by atoms with Crippen LogP contribution >= 0.6 is 0 Å². The molecule has 0 saturated carbocycles. The highest BCUT2D eigenvalue weighted by molar-refractivity contribution is 5.11. The van der Waals surface area contributed by atoms with E-state index in [0.717, 1.165) is 25.1 Å². The Kier molecular flexibility index (Phi) is 6.16. The average molecular weight is 236 g/mol. The smallest absolute Gasteiger partial charge is 0.0692 e. The van der Waals surface area contributed by atoms with E-state index in [1.165, 1.54) is 5.56 Å². The highest BCUT2D eigenvalue weighted by atomic mass is 16.3. The molecule has 1 aromatic rings. The minimum atomic E-state index is -0.254. The summed E-state index contributed by atoms with van der Waals surface area (Å²) in [5.74, 6) is 0.397. The molecule has 1 heterocycles. The van der Waals surface area contributed by atoms with Crippen molar-refractivity contribution in [3.05, 3.63) is 29.6 Å². The highest BCUT2D eigenvalue weighted by Gasteiger charge is 2.14. The summed E-state index contributed by atoms with van der Waals surface area (Å²) < 4.78 is 0. The first-order valence-electron chi connectivity index (χ1n) is 6.47. The van der Waals surface area contributed by atoms with E-state index in [-0.39, 0.29) is 6.10 Å². The summed E-state index contributed by atoms with van der Waals surface area (Å²) in [6.07, 6.45) is 3.67. The Labute approximate surface area is 104 Å². The Balaban J connectivity index is 2.30. The molecule has 1 atom stereocenters. The molecule has 0 saturated heterocycles. The lowest BCUT2D eigenvalue weighted by atomic mass is 9.96. The van der Waals surface area contributed by atoms with Crippen molar-refractivity contribution >= 4 is 0 Å². The number of aromatic nitrogens is 1. The van der Waals surface area contributed by atoms with Gasteiger partial charge in [0, 0.05) is 19.3 Å². The van der Waals surface area contributed by atoms with Gasteiger partial charge in [0.2, 0.25) is 0 Å². The number of nitrogens with one attached hydrogen (secondary N) is 1. The third-order valence-electron chi connectivity index (χ3n) is 3.23. The second-order valence-corrected chi connectivity index (χ2v) is 4.60. The second kappa shape index (κ2) is 7.41. The van der Waals surface area contributed by atoms with E-state index >= 15 is 0 Å². The number of aryl methyl sites for hydroxylation is 1. The summed E-state index contributed by atoms with van der Waals surface area (Å²) in [5, 5.41) is 13.2. The Morgan fingerprint density at radius 3 is 2.53 bits per heavy atom. The van der Waals surface area contributed by atoms with Crippen LogP contribution in [0.25, 0.3) is 0 Å². The number of aliphatic hydroxyl groups is 1. The van der Waals surface area contributed by atoms with Crippen molar-refractivity contribution in [1.29, 1.82) is 0 Å². The molecule has 0 spiro atoms. The Morgan fingerprint density at radius 1 is 1.29 bits per heavy atom. The fourth-order valence-electron chi connectivity index (χ4n) is 1.95. The van der Waals surface area contributed by atoms with Crippen molar-refractivity contribution in [2.24, 2.45) is 5.92 Å². The third-order valence-corrected chi connectivity index (χ3v) is 3.23. The summed E-state index contributed by atoms with van der Waals surface area (Å²) in [5.41, 5.74) is 2.19. The van der Waals surface area contributed by atoms with Crippen molar-refractivity contribution < 1.29 is 5.11 Å². The summed E-state index contributed by atoms with van der Waals surface area (Å²) in [6, 6.07) is 4.08. The van der Waals surface area contributed by atoms with Gasteiger partial charge < -0.3 is 10.4 Å². The molecule has 0 fully saturated rings. The molecule has 1 rings (SSSR count). The van der Waals surface area contributed by atoms with Gasteiger partial charge in [-0.2, -0.15) is 0 Å². The molecular formula is C14H24N2O. The van der Waals surface area contributed by atoms with Gasteiger partial charge in [0.05, 0.1) is 11.8 Å². The molecule has 3 nitrogen and oxygen atoms in total. The van der Waals surface area contributed by atoms with Crippen LogP contribution in [0.4, 0.5) is 0 Å². The van der Waals surface area contributed by atoms with E-state index in [1.54, 1.807) is 0 Å². The second-order valence-electron chi connectivity index (χ2n) is 4.60. The highest BCUT2D eigenvalue weighted by Crippen LogP contribution is 2.12. The quantitative estimate of drug-likeness (QED) is 0.763. The van der Waals surface area contributed by atoms with Crippen LogP contribution in [0.15, 0.2) is 18.3 Å². The van der Waals surface area contributed by atoms with Gasteiger partial charge in [-0.15, -0.1) is 0 Å². The van der Waals surface area contributed by atoms with Crippen molar-refractivity contribution in [2.75, 3.05) is 6.54 Å². The molecule has 0 aliphatic carbocycles. The van der Waals surface area contributed by atoms with Crippen LogP contribution in [-0.2, 0) is 6.54 Å². The number of nitrogens with zero attached hydrogens (tertiary/aromatic N) is 1. The molecule has 0 aromatic carbocycles. The maximum atomic E-state index is 9.95. The molecular weight excluding hydrogens is 212 g/mol. The van der Waals surface area contributed by atoms with Crippen LogP contribution in [0, 0.1) is 12.8 Å². The largest absolute Gasteiger partial charge is 0.392 e. The summed E-state index contributed by atoms with van der Waals surface area (Å²) in [6.45, 7) is 7.64. The summed E-state index contributed by atoms with van der Waals surface area (Å²) in [7, 11) is 0. The van der Waals surface area contributed by atoms with E-state index in [1.807, 2.05) is 19.2 Å². The SMILES string of the molecule is CCC(CC)C(O)CNCc1ccc(C)cn1. The fraction of sp³-hybridized carbons (Fsp3) is 0.643. The molecule has 1 aromatic heterocycles. The molecule has 2 N–H and O–H groups in total. The monoisotopic (exact) mass is 236 g/mol. The zero-order chi connectivity index (χ0) is 12.7. The predicted molar refractivity (Wildman–Crippen MR) is 70.8 cm³/mol. The molecule has 0 bridgehead atoms. The predicted octanol–water partition coefficient (Wildman–Crippen LogP) is 2.28. The standard InChI is InChI=1S/C14H24N2O/c1-4-12(5-2)14(17)10-15-9-13-7-6-11(3)8-16-13/h6-8,12,14-15,17H,4-5,9-10H2,1-3H3. The zero-order valence-electron chi connectivity index (χ0n) is 11.1. The third kappa shape index (κ3) is 4.84. The van der Waals surface area contributed by atoms with Crippen molar-refractivity contribution in [3.63, 3.8) is 0 Å². The topological polar surface area (TPSA) is 45.1 Å². The normalized spacial score (nSPS) is 13.0. The molecule has 3 heteroatoms. The first kappa shape index (κ1) is 14.1. The molecule has 1 unspecified atom stereocenters. The number of hydrogen-bond donors (Lipinski definition) is 2. The zero-order valence-corrected chi connectivity index (χ0v) is 11.1. The first-order chi connectivity index (χ1) is 8.17. The van der Waals surface area contributed by atoms with Gasteiger partial charge in [-0.1, -0.05) is 32.8 Å². The van der Waals surface area contributed by atoms with E-state index in [4.69, 9.17) is 0 Å². The van der Waals surface area contributed by atoms with Gasteiger partial charge >= 0.3 is 0 Å². The molecule has 0 amide bonds. The van der Waals surface area contributed by atoms with Gasteiger partial charge in [0.1, 0.15) is 0 Å². The van der Waals surface area contributed by atoms with Gasteiger partial charge in [0.15, 0.2) is 0 Å². The number of rotatable bonds is 7. The van der Waals surface area contributed by atoms with E-state index in [9.17, 15) is 5.11 Å². The lowest BCUT2D eigenvalue weighted by Gasteiger charge is -2.20. The lowest BCUT2D eigenvalue weighted by Crippen LogP contribution is -2.32. The Bertz CT molecular complexity index is 307. The molecule has 0 aliphatic rings.